The van der Waals surface area contributed by atoms with Crippen molar-refractivity contribution in [1.82, 2.24) is 4.98 Å². The number of nitrogens with zero attached hydrogens (tertiary/aromatic N) is 1. The third-order valence-corrected chi connectivity index (χ3v) is 2.78. The highest BCUT2D eigenvalue weighted by atomic mass is 16.5. The summed E-state index contributed by atoms with van der Waals surface area (Å²) in [5, 5.41) is 3.13. The topological polar surface area (TPSA) is 86.5 Å². The predicted octanol–water partition coefficient (Wildman–Crippen LogP) is 2.59. The number of nitrogens with two attached hydrogens (primary N) is 1. The highest BCUT2D eigenvalue weighted by molar-refractivity contribution is 5.92. The minimum absolute atomic E-state index is 0.408. The summed E-state index contributed by atoms with van der Waals surface area (Å²) in [5.41, 5.74) is 8.24. The lowest BCUT2D eigenvalue weighted by Gasteiger charge is -2.10. The van der Waals surface area contributed by atoms with Gasteiger partial charge in [-0.3, -0.25) is 0 Å². The molecule has 0 aliphatic rings. The summed E-state index contributed by atoms with van der Waals surface area (Å²) in [5.74, 6) is 0.146. The molecule has 0 bridgehead atoms. The molecule has 0 atom stereocenters. The van der Waals surface area contributed by atoms with Crippen LogP contribution in [0.1, 0.15) is 17.3 Å². The number of nitrogen functional groups attached to an aromatic ring is 1. The minimum atomic E-state index is -0.420. The number of anilines is 3. The molecule has 1 aromatic carbocycles. The lowest BCUT2D eigenvalue weighted by Crippen LogP contribution is -2.04. The van der Waals surface area contributed by atoms with Gasteiger partial charge in [-0.05, 0) is 31.2 Å². The molecule has 6 heteroatoms. The standard InChI is InChI=1S/C15H17N3O3/c1-3-21-14-7-5-11(9-17-14)18-13-6-4-10(8-12(13)16)15(19)20-2/h4-9,18H,3,16H2,1-2H3. The fourth-order valence-corrected chi connectivity index (χ4v) is 1.76. The molecule has 0 unspecified atom stereocenters. The zero-order valence-electron chi connectivity index (χ0n) is 11.9. The maximum absolute atomic E-state index is 11.4. The Hall–Kier alpha value is -2.76. The van der Waals surface area contributed by atoms with Crippen molar-refractivity contribution < 1.29 is 14.3 Å². The first-order valence-electron chi connectivity index (χ1n) is 6.47. The van der Waals surface area contributed by atoms with Crippen LogP contribution < -0.4 is 15.8 Å². The molecule has 1 heterocycles. The lowest BCUT2D eigenvalue weighted by molar-refractivity contribution is 0.0601. The van der Waals surface area contributed by atoms with Gasteiger partial charge in [-0.25, -0.2) is 9.78 Å². The number of carbonyl (C=O) groups is 1. The van der Waals surface area contributed by atoms with Crippen LogP contribution in [0.15, 0.2) is 36.5 Å². The van der Waals surface area contributed by atoms with Crippen molar-refractivity contribution in [3.8, 4) is 5.88 Å². The minimum Gasteiger partial charge on any atom is -0.478 e. The molecule has 2 rings (SSSR count). The van der Waals surface area contributed by atoms with Crippen molar-refractivity contribution in [2.24, 2.45) is 0 Å². The van der Waals surface area contributed by atoms with E-state index in [2.05, 4.69) is 15.0 Å². The summed E-state index contributed by atoms with van der Waals surface area (Å²) in [7, 11) is 1.33. The summed E-state index contributed by atoms with van der Waals surface area (Å²) in [6.07, 6.45) is 1.65. The Labute approximate surface area is 122 Å². The second kappa shape index (κ2) is 6.60. The molecule has 6 nitrogen and oxygen atoms in total. The fraction of sp³-hybridized carbons (Fsp3) is 0.200. The normalized spacial score (nSPS) is 10.0. The van der Waals surface area contributed by atoms with E-state index in [-0.39, 0.29) is 0 Å². The maximum Gasteiger partial charge on any atom is 0.337 e. The molecule has 0 amide bonds. The Kier molecular flexibility index (Phi) is 4.61. The van der Waals surface area contributed by atoms with Crippen molar-refractivity contribution in [1.29, 1.82) is 0 Å². The number of hydrogen-bond donors (Lipinski definition) is 2. The van der Waals surface area contributed by atoms with Crippen LogP contribution in [0.25, 0.3) is 0 Å². The van der Waals surface area contributed by atoms with E-state index in [0.717, 1.165) is 5.69 Å². The number of rotatable bonds is 5. The van der Waals surface area contributed by atoms with Crippen molar-refractivity contribution in [3.63, 3.8) is 0 Å². The van der Waals surface area contributed by atoms with Crippen LogP contribution in [-0.2, 0) is 4.74 Å². The van der Waals surface area contributed by atoms with Gasteiger partial charge in [0.2, 0.25) is 5.88 Å². The SMILES string of the molecule is CCOc1ccc(Nc2ccc(C(=O)OC)cc2N)cn1. The molecule has 110 valence electrons. The number of carbonyl (C=O) groups excluding carboxylic acids is 1. The van der Waals surface area contributed by atoms with Crippen LogP contribution in [0.3, 0.4) is 0 Å². The third-order valence-electron chi connectivity index (χ3n) is 2.78. The average molecular weight is 287 g/mol. The first-order chi connectivity index (χ1) is 10.1. The number of benzene rings is 1. The molecule has 21 heavy (non-hydrogen) atoms. The maximum atomic E-state index is 11.4. The fourth-order valence-electron chi connectivity index (χ4n) is 1.76. The van der Waals surface area contributed by atoms with E-state index in [1.165, 1.54) is 7.11 Å². The summed E-state index contributed by atoms with van der Waals surface area (Å²) in [6.45, 7) is 2.47. The molecule has 2 aromatic rings. The molecule has 0 radical (unpaired) electrons. The number of nitrogens with one attached hydrogen (secondary N) is 1. The van der Waals surface area contributed by atoms with Crippen LogP contribution in [0.4, 0.5) is 17.1 Å². The van der Waals surface area contributed by atoms with Crippen molar-refractivity contribution >= 4 is 23.0 Å². The van der Waals surface area contributed by atoms with Crippen LogP contribution in [0, 0.1) is 0 Å². The van der Waals surface area contributed by atoms with Crippen LogP contribution in [0.5, 0.6) is 5.88 Å². The van der Waals surface area contributed by atoms with Gasteiger partial charge in [-0.2, -0.15) is 0 Å². The second-order valence-corrected chi connectivity index (χ2v) is 4.24. The number of ether oxygens (including phenoxy) is 2. The molecule has 0 aliphatic carbocycles. The summed E-state index contributed by atoms with van der Waals surface area (Å²) >= 11 is 0. The van der Waals surface area contributed by atoms with E-state index in [1.54, 1.807) is 30.5 Å². The van der Waals surface area contributed by atoms with E-state index in [4.69, 9.17) is 10.5 Å². The van der Waals surface area contributed by atoms with E-state index in [0.29, 0.717) is 29.4 Å². The predicted molar refractivity (Wildman–Crippen MR) is 80.9 cm³/mol. The van der Waals surface area contributed by atoms with Gasteiger partial charge in [-0.1, -0.05) is 0 Å². The Morgan fingerprint density at radius 3 is 2.71 bits per heavy atom. The number of hydrogen-bond acceptors (Lipinski definition) is 6. The van der Waals surface area contributed by atoms with E-state index < -0.39 is 5.97 Å². The van der Waals surface area contributed by atoms with E-state index in [1.807, 2.05) is 13.0 Å². The molecule has 1 aromatic heterocycles. The summed E-state index contributed by atoms with van der Waals surface area (Å²) in [6, 6.07) is 8.54. The van der Waals surface area contributed by atoms with Gasteiger partial charge in [0, 0.05) is 6.07 Å². The van der Waals surface area contributed by atoms with E-state index in [9.17, 15) is 4.79 Å². The van der Waals surface area contributed by atoms with Gasteiger partial charge in [-0.15, -0.1) is 0 Å². The number of pyridine rings is 1. The first kappa shape index (κ1) is 14.6. The Bertz CT molecular complexity index is 627. The molecule has 0 fully saturated rings. The number of aromatic nitrogens is 1. The molecule has 0 saturated heterocycles. The van der Waals surface area contributed by atoms with Gasteiger partial charge in [0.1, 0.15) is 0 Å². The monoisotopic (exact) mass is 287 g/mol. The quantitative estimate of drug-likeness (QED) is 0.649. The van der Waals surface area contributed by atoms with Crippen molar-refractivity contribution in [2.75, 3.05) is 24.8 Å². The summed E-state index contributed by atoms with van der Waals surface area (Å²) < 4.78 is 9.92. The third kappa shape index (κ3) is 3.62. The van der Waals surface area contributed by atoms with Gasteiger partial charge in [0.25, 0.3) is 0 Å². The number of methoxy groups -OCH3 is 1. The molecule has 0 spiro atoms. The molecular weight excluding hydrogens is 270 g/mol. The molecule has 0 aliphatic heterocycles. The molecular formula is C15H17N3O3. The second-order valence-electron chi connectivity index (χ2n) is 4.24. The van der Waals surface area contributed by atoms with Gasteiger partial charge in [0.05, 0.1) is 42.5 Å². The lowest BCUT2D eigenvalue weighted by atomic mass is 10.1. The smallest absolute Gasteiger partial charge is 0.337 e. The van der Waals surface area contributed by atoms with E-state index >= 15 is 0 Å². The number of esters is 1. The average Bonchev–Trinajstić information content (AvgIpc) is 2.50. The van der Waals surface area contributed by atoms with Gasteiger partial charge < -0.3 is 20.5 Å². The summed E-state index contributed by atoms with van der Waals surface area (Å²) in [4.78, 5) is 15.6. The zero-order valence-corrected chi connectivity index (χ0v) is 11.9. The Balaban J connectivity index is 2.14. The highest BCUT2D eigenvalue weighted by Crippen LogP contribution is 2.24. The van der Waals surface area contributed by atoms with Gasteiger partial charge >= 0.3 is 5.97 Å². The van der Waals surface area contributed by atoms with Crippen LogP contribution >= 0.6 is 0 Å². The highest BCUT2D eigenvalue weighted by Gasteiger charge is 2.08. The van der Waals surface area contributed by atoms with Crippen LogP contribution in [0.2, 0.25) is 0 Å². The zero-order chi connectivity index (χ0) is 15.2. The largest absolute Gasteiger partial charge is 0.478 e. The Morgan fingerprint density at radius 1 is 1.33 bits per heavy atom. The molecule has 0 saturated carbocycles. The van der Waals surface area contributed by atoms with Gasteiger partial charge in [0.15, 0.2) is 0 Å². The Morgan fingerprint density at radius 2 is 2.14 bits per heavy atom. The van der Waals surface area contributed by atoms with Crippen molar-refractivity contribution in [2.45, 2.75) is 6.92 Å². The van der Waals surface area contributed by atoms with Crippen molar-refractivity contribution in [3.05, 3.63) is 42.1 Å². The van der Waals surface area contributed by atoms with Crippen LogP contribution in [-0.4, -0.2) is 24.7 Å². The first-order valence-corrected chi connectivity index (χ1v) is 6.47. The molecule has 3 N–H and O–H groups in total.